The van der Waals surface area contributed by atoms with E-state index in [2.05, 4.69) is 20.8 Å². The van der Waals surface area contributed by atoms with Crippen LogP contribution in [0.2, 0.25) is 0 Å². The van der Waals surface area contributed by atoms with Crippen LogP contribution in [0.25, 0.3) is 0 Å². The normalized spacial score (nSPS) is 28.2. The molecule has 0 spiro atoms. The largest absolute Gasteiger partial charge is 0.372 e. The van der Waals surface area contributed by atoms with Crippen molar-refractivity contribution in [2.24, 2.45) is 0 Å². The number of hydrogen-bond acceptors (Lipinski definition) is 4. The van der Waals surface area contributed by atoms with Crippen LogP contribution in [0.3, 0.4) is 0 Å². The highest BCUT2D eigenvalue weighted by Crippen LogP contribution is 2.12. The lowest BCUT2D eigenvalue weighted by atomic mass is 10.2. The van der Waals surface area contributed by atoms with Crippen molar-refractivity contribution >= 4 is 25.8 Å². The van der Waals surface area contributed by atoms with Crippen molar-refractivity contribution in [1.82, 2.24) is 4.90 Å². The molecule has 2 unspecified atom stereocenters. The van der Waals surface area contributed by atoms with Crippen molar-refractivity contribution in [2.45, 2.75) is 26.1 Å². The van der Waals surface area contributed by atoms with Crippen LogP contribution >= 0.6 is 15.9 Å². The average Bonchev–Trinajstić information content (AvgIpc) is 2.26. The summed E-state index contributed by atoms with van der Waals surface area (Å²) >= 11 is 3.40. The Kier molecular flexibility index (Phi) is 5.70. The van der Waals surface area contributed by atoms with E-state index >= 15 is 0 Å². The Balaban J connectivity index is 2.42. The van der Waals surface area contributed by atoms with Gasteiger partial charge in [0.05, 0.1) is 18.0 Å². The van der Waals surface area contributed by atoms with Crippen molar-refractivity contribution in [3.63, 3.8) is 0 Å². The van der Waals surface area contributed by atoms with Crippen LogP contribution in [0.5, 0.6) is 0 Å². The van der Waals surface area contributed by atoms with Gasteiger partial charge in [-0.1, -0.05) is 22.9 Å². The van der Waals surface area contributed by atoms with Crippen LogP contribution in [-0.2, 0) is 14.6 Å². The number of sulfone groups is 1. The number of ether oxygens (including phenoxy) is 1. The van der Waals surface area contributed by atoms with Gasteiger partial charge in [0.15, 0.2) is 9.84 Å². The van der Waals surface area contributed by atoms with Gasteiger partial charge in [-0.3, -0.25) is 4.90 Å². The van der Waals surface area contributed by atoms with Crippen molar-refractivity contribution in [3.05, 3.63) is 0 Å². The van der Waals surface area contributed by atoms with E-state index in [1.807, 2.05) is 6.92 Å². The van der Waals surface area contributed by atoms with Crippen LogP contribution in [0.15, 0.2) is 0 Å². The molecule has 4 nitrogen and oxygen atoms in total. The predicted octanol–water partition coefficient (Wildman–Crippen LogP) is 0.905. The van der Waals surface area contributed by atoms with Crippen LogP contribution in [0.4, 0.5) is 0 Å². The summed E-state index contributed by atoms with van der Waals surface area (Å²) < 4.78 is 28.5. The standard InChI is InChI=1S/C10H20BrNO3S/c1-3-16(13,14)5-4-12-7-9(2)15-10(6-11)8-12/h9-10H,3-8H2,1-2H3. The summed E-state index contributed by atoms with van der Waals surface area (Å²) in [6, 6.07) is 0. The molecule has 0 saturated carbocycles. The van der Waals surface area contributed by atoms with E-state index in [1.165, 1.54) is 0 Å². The second kappa shape index (κ2) is 6.33. The van der Waals surface area contributed by atoms with Gasteiger partial charge in [-0.05, 0) is 6.92 Å². The van der Waals surface area contributed by atoms with Crippen molar-refractivity contribution in [2.75, 3.05) is 36.5 Å². The predicted molar refractivity (Wildman–Crippen MR) is 68.9 cm³/mol. The molecule has 0 aromatic carbocycles. The highest BCUT2D eigenvalue weighted by atomic mass is 79.9. The van der Waals surface area contributed by atoms with Gasteiger partial charge in [0.2, 0.25) is 0 Å². The summed E-state index contributed by atoms with van der Waals surface area (Å²) in [5, 5.41) is 0.800. The smallest absolute Gasteiger partial charge is 0.151 e. The van der Waals surface area contributed by atoms with E-state index in [9.17, 15) is 8.42 Å². The van der Waals surface area contributed by atoms with E-state index in [1.54, 1.807) is 6.92 Å². The minimum Gasteiger partial charge on any atom is -0.372 e. The van der Waals surface area contributed by atoms with Gasteiger partial charge >= 0.3 is 0 Å². The number of rotatable bonds is 5. The fourth-order valence-corrected chi connectivity index (χ4v) is 3.00. The molecule has 16 heavy (non-hydrogen) atoms. The molecular formula is C10H20BrNO3S. The highest BCUT2D eigenvalue weighted by Gasteiger charge is 2.25. The summed E-state index contributed by atoms with van der Waals surface area (Å²) in [4.78, 5) is 2.17. The molecule has 0 N–H and O–H groups in total. The zero-order valence-electron chi connectivity index (χ0n) is 9.86. The first-order chi connectivity index (χ1) is 7.46. The molecule has 1 aliphatic rings. The molecule has 0 aromatic heterocycles. The molecule has 6 heteroatoms. The highest BCUT2D eigenvalue weighted by molar-refractivity contribution is 9.09. The molecular weight excluding hydrogens is 294 g/mol. The number of hydrogen-bond donors (Lipinski definition) is 0. The molecule has 1 saturated heterocycles. The quantitative estimate of drug-likeness (QED) is 0.708. The molecule has 2 atom stereocenters. The monoisotopic (exact) mass is 313 g/mol. The fraction of sp³-hybridized carbons (Fsp3) is 1.00. The van der Waals surface area contributed by atoms with Gasteiger partial charge in [0.1, 0.15) is 0 Å². The van der Waals surface area contributed by atoms with Crippen LogP contribution in [-0.4, -0.2) is 62.0 Å². The Bertz CT molecular complexity index is 307. The number of morpholine rings is 1. The summed E-state index contributed by atoms with van der Waals surface area (Å²) in [5.41, 5.74) is 0. The Hall–Kier alpha value is 0.350. The summed E-state index contributed by atoms with van der Waals surface area (Å²) in [5.74, 6) is 0.486. The molecule has 96 valence electrons. The molecule has 1 aliphatic heterocycles. The minimum atomic E-state index is -2.85. The lowest BCUT2D eigenvalue weighted by Crippen LogP contribution is -2.48. The van der Waals surface area contributed by atoms with Crippen molar-refractivity contribution in [1.29, 1.82) is 0 Å². The average molecular weight is 314 g/mol. The first-order valence-corrected chi connectivity index (χ1v) is 8.55. The van der Waals surface area contributed by atoms with Gasteiger partial charge in [0.25, 0.3) is 0 Å². The zero-order chi connectivity index (χ0) is 12.2. The van der Waals surface area contributed by atoms with E-state index < -0.39 is 9.84 Å². The van der Waals surface area contributed by atoms with Crippen LogP contribution < -0.4 is 0 Å². The molecule has 0 radical (unpaired) electrons. The Morgan fingerprint density at radius 2 is 2.12 bits per heavy atom. The topological polar surface area (TPSA) is 46.6 Å². The second-order valence-electron chi connectivity index (χ2n) is 4.22. The molecule has 0 bridgehead atoms. The van der Waals surface area contributed by atoms with Gasteiger partial charge in [-0.25, -0.2) is 8.42 Å². The van der Waals surface area contributed by atoms with E-state index in [0.717, 1.165) is 18.4 Å². The van der Waals surface area contributed by atoms with E-state index in [-0.39, 0.29) is 23.7 Å². The Labute approximate surface area is 106 Å². The summed E-state index contributed by atoms with van der Waals surface area (Å²) in [6.45, 7) is 5.97. The van der Waals surface area contributed by atoms with E-state index in [4.69, 9.17) is 4.74 Å². The maximum atomic E-state index is 11.4. The zero-order valence-corrected chi connectivity index (χ0v) is 12.3. The molecule has 1 rings (SSSR count). The first-order valence-electron chi connectivity index (χ1n) is 5.61. The fourth-order valence-electron chi connectivity index (χ4n) is 1.82. The van der Waals surface area contributed by atoms with Crippen molar-refractivity contribution in [3.8, 4) is 0 Å². The molecule has 0 aromatic rings. The van der Waals surface area contributed by atoms with Gasteiger partial charge < -0.3 is 4.74 Å². The summed E-state index contributed by atoms with van der Waals surface area (Å²) in [6.07, 6.45) is 0.355. The lowest BCUT2D eigenvalue weighted by molar-refractivity contribution is -0.0634. The molecule has 0 amide bonds. The molecule has 1 fully saturated rings. The molecule has 1 heterocycles. The lowest BCUT2D eigenvalue weighted by Gasteiger charge is -2.36. The van der Waals surface area contributed by atoms with Crippen molar-refractivity contribution < 1.29 is 13.2 Å². The van der Waals surface area contributed by atoms with Crippen LogP contribution in [0, 0.1) is 0 Å². The third-order valence-electron chi connectivity index (χ3n) is 2.73. The maximum Gasteiger partial charge on any atom is 0.151 e. The van der Waals surface area contributed by atoms with Crippen LogP contribution in [0.1, 0.15) is 13.8 Å². The van der Waals surface area contributed by atoms with Gasteiger partial charge in [-0.2, -0.15) is 0 Å². The third kappa shape index (κ3) is 4.69. The Morgan fingerprint density at radius 3 is 2.69 bits per heavy atom. The third-order valence-corrected chi connectivity index (χ3v) is 5.14. The SMILES string of the molecule is CCS(=O)(=O)CCN1CC(C)OC(CBr)C1. The van der Waals surface area contributed by atoms with Gasteiger partial charge in [0, 0.05) is 30.7 Å². The Morgan fingerprint density at radius 1 is 1.44 bits per heavy atom. The molecule has 0 aliphatic carbocycles. The second-order valence-corrected chi connectivity index (χ2v) is 7.34. The van der Waals surface area contributed by atoms with Gasteiger partial charge in [-0.15, -0.1) is 0 Å². The number of nitrogens with zero attached hydrogens (tertiary/aromatic N) is 1. The first kappa shape index (κ1) is 14.4. The van der Waals surface area contributed by atoms with E-state index in [0.29, 0.717) is 6.54 Å². The number of alkyl halides is 1. The maximum absolute atomic E-state index is 11.4. The summed E-state index contributed by atoms with van der Waals surface area (Å²) in [7, 11) is -2.85. The number of halogens is 1. The minimum absolute atomic E-state index is 0.174.